The van der Waals surface area contributed by atoms with E-state index in [0.717, 1.165) is 49.7 Å². The Kier molecular flexibility index (Phi) is 5.39. The van der Waals surface area contributed by atoms with Crippen molar-refractivity contribution in [3.05, 3.63) is 53.6 Å². The third-order valence-electron chi connectivity index (χ3n) is 5.51. The van der Waals surface area contributed by atoms with Crippen molar-refractivity contribution in [2.75, 3.05) is 51.8 Å². The zero-order valence-corrected chi connectivity index (χ0v) is 16.5. The number of likely N-dealkylation sites (N-methyl/N-ethyl adjacent to an activating group) is 1. The number of hydrogen-bond donors (Lipinski definition) is 1. The molecule has 1 fully saturated rings. The van der Waals surface area contributed by atoms with Crippen LogP contribution in [0.1, 0.15) is 15.9 Å². The van der Waals surface area contributed by atoms with Crippen molar-refractivity contribution < 1.29 is 14.3 Å². The first kappa shape index (κ1) is 18.6. The second-order valence-corrected chi connectivity index (χ2v) is 7.47. The molecule has 148 valence electrons. The highest BCUT2D eigenvalue weighted by atomic mass is 16.5. The van der Waals surface area contributed by atoms with Crippen LogP contribution < -0.4 is 19.7 Å². The summed E-state index contributed by atoms with van der Waals surface area (Å²) >= 11 is 0. The summed E-state index contributed by atoms with van der Waals surface area (Å²) in [4.78, 5) is 17.4. The molecule has 1 amide bonds. The molecule has 1 N–H and O–H groups in total. The number of amides is 1. The first-order valence-electron chi connectivity index (χ1n) is 9.77. The van der Waals surface area contributed by atoms with E-state index < -0.39 is 0 Å². The third-order valence-corrected chi connectivity index (χ3v) is 5.51. The number of fused-ring (bicyclic) bond motifs is 1. The van der Waals surface area contributed by atoms with E-state index in [2.05, 4.69) is 22.2 Å². The Labute approximate surface area is 166 Å². The van der Waals surface area contributed by atoms with Crippen molar-refractivity contribution in [2.24, 2.45) is 0 Å². The van der Waals surface area contributed by atoms with E-state index in [0.29, 0.717) is 12.2 Å². The molecule has 28 heavy (non-hydrogen) atoms. The van der Waals surface area contributed by atoms with Crippen LogP contribution in [0.15, 0.2) is 42.5 Å². The SMILES string of the molecule is COc1cccc2c1OCC(NC(=O)c1ccc(N3CCN(C)CC3)cc1)C2. The van der Waals surface area contributed by atoms with Crippen molar-refractivity contribution in [2.45, 2.75) is 12.5 Å². The fraction of sp³-hybridized carbons (Fsp3) is 0.409. The zero-order chi connectivity index (χ0) is 19.5. The summed E-state index contributed by atoms with van der Waals surface area (Å²) in [6, 6.07) is 13.7. The number of methoxy groups -OCH3 is 1. The van der Waals surface area contributed by atoms with Crippen LogP contribution in [0, 0.1) is 0 Å². The maximum absolute atomic E-state index is 12.7. The van der Waals surface area contributed by atoms with Crippen molar-refractivity contribution >= 4 is 11.6 Å². The number of carbonyl (C=O) groups is 1. The van der Waals surface area contributed by atoms with Crippen LogP contribution in [-0.4, -0.2) is 63.8 Å². The predicted molar refractivity (Wildman–Crippen MR) is 110 cm³/mol. The van der Waals surface area contributed by atoms with Crippen LogP contribution >= 0.6 is 0 Å². The zero-order valence-electron chi connectivity index (χ0n) is 16.5. The second kappa shape index (κ2) is 8.10. The lowest BCUT2D eigenvalue weighted by Gasteiger charge is -2.34. The summed E-state index contributed by atoms with van der Waals surface area (Å²) in [5.41, 5.74) is 2.90. The molecule has 0 bridgehead atoms. The van der Waals surface area contributed by atoms with E-state index in [1.165, 1.54) is 5.69 Å². The largest absolute Gasteiger partial charge is 0.493 e. The Morgan fingerprint density at radius 3 is 2.57 bits per heavy atom. The Morgan fingerprint density at radius 2 is 1.86 bits per heavy atom. The van der Waals surface area contributed by atoms with Crippen LogP contribution in [0.2, 0.25) is 0 Å². The van der Waals surface area contributed by atoms with Gasteiger partial charge in [-0.1, -0.05) is 12.1 Å². The first-order chi connectivity index (χ1) is 13.6. The van der Waals surface area contributed by atoms with Crippen molar-refractivity contribution in [3.63, 3.8) is 0 Å². The molecule has 0 saturated carbocycles. The van der Waals surface area contributed by atoms with Gasteiger partial charge in [0, 0.05) is 43.0 Å². The molecule has 0 aliphatic carbocycles. The molecule has 2 heterocycles. The fourth-order valence-electron chi connectivity index (χ4n) is 3.80. The molecule has 1 unspecified atom stereocenters. The van der Waals surface area contributed by atoms with Crippen LogP contribution in [0.25, 0.3) is 0 Å². The van der Waals surface area contributed by atoms with Gasteiger partial charge in [0.15, 0.2) is 11.5 Å². The van der Waals surface area contributed by atoms with Gasteiger partial charge >= 0.3 is 0 Å². The molecule has 2 aromatic rings. The van der Waals surface area contributed by atoms with Crippen LogP contribution in [0.4, 0.5) is 5.69 Å². The molecule has 2 aromatic carbocycles. The lowest BCUT2D eigenvalue weighted by atomic mass is 10.0. The molecule has 1 atom stereocenters. The van der Waals surface area contributed by atoms with Gasteiger partial charge in [-0.05, 0) is 43.8 Å². The van der Waals surface area contributed by atoms with Gasteiger partial charge in [-0.15, -0.1) is 0 Å². The number of carbonyl (C=O) groups excluding carboxylic acids is 1. The van der Waals surface area contributed by atoms with E-state index in [-0.39, 0.29) is 11.9 Å². The second-order valence-electron chi connectivity index (χ2n) is 7.47. The fourth-order valence-corrected chi connectivity index (χ4v) is 3.80. The average Bonchev–Trinajstić information content (AvgIpc) is 2.73. The maximum atomic E-state index is 12.7. The first-order valence-corrected chi connectivity index (χ1v) is 9.77. The molecule has 2 aliphatic rings. The standard InChI is InChI=1S/C22H27N3O3/c1-24-10-12-25(13-11-24)19-8-6-16(7-9-19)22(26)23-18-14-17-4-3-5-20(27-2)21(17)28-15-18/h3-9,18H,10-15H2,1-2H3,(H,23,26). The predicted octanol–water partition coefficient (Wildman–Crippen LogP) is 2.18. The quantitative estimate of drug-likeness (QED) is 0.880. The minimum Gasteiger partial charge on any atom is -0.493 e. The molecular formula is C22H27N3O3. The lowest BCUT2D eigenvalue weighted by molar-refractivity contribution is 0.0914. The number of piperazine rings is 1. The number of nitrogens with one attached hydrogen (secondary N) is 1. The summed E-state index contributed by atoms with van der Waals surface area (Å²) in [6.45, 7) is 4.61. The van der Waals surface area contributed by atoms with Crippen molar-refractivity contribution in [1.82, 2.24) is 10.2 Å². The Balaban J connectivity index is 1.37. The molecule has 4 rings (SSSR count). The number of hydrogen-bond acceptors (Lipinski definition) is 5. The number of nitrogens with zero attached hydrogens (tertiary/aromatic N) is 2. The lowest BCUT2D eigenvalue weighted by Crippen LogP contribution is -2.44. The van der Waals surface area contributed by atoms with Crippen LogP contribution in [-0.2, 0) is 6.42 Å². The molecule has 0 radical (unpaired) electrons. The Morgan fingerprint density at radius 1 is 1.11 bits per heavy atom. The van der Waals surface area contributed by atoms with Gasteiger partial charge in [0.05, 0.1) is 13.2 Å². The topological polar surface area (TPSA) is 54.0 Å². The summed E-state index contributed by atoms with van der Waals surface area (Å²) < 4.78 is 11.2. The van der Waals surface area contributed by atoms with Crippen LogP contribution in [0.5, 0.6) is 11.5 Å². The molecule has 0 spiro atoms. The highest BCUT2D eigenvalue weighted by Gasteiger charge is 2.24. The Hall–Kier alpha value is -2.73. The van der Waals surface area contributed by atoms with Gasteiger partial charge in [-0.3, -0.25) is 4.79 Å². The van der Waals surface area contributed by atoms with Gasteiger partial charge in [0.25, 0.3) is 5.91 Å². The number of rotatable bonds is 4. The molecule has 6 heteroatoms. The van der Waals surface area contributed by atoms with Gasteiger partial charge in [0.2, 0.25) is 0 Å². The molecular weight excluding hydrogens is 354 g/mol. The van der Waals surface area contributed by atoms with E-state index in [9.17, 15) is 4.79 Å². The number of anilines is 1. The molecule has 6 nitrogen and oxygen atoms in total. The number of benzene rings is 2. The Bertz CT molecular complexity index is 829. The normalized spacial score (nSPS) is 19.5. The highest BCUT2D eigenvalue weighted by molar-refractivity contribution is 5.94. The summed E-state index contributed by atoms with van der Waals surface area (Å²) in [6.07, 6.45) is 0.734. The van der Waals surface area contributed by atoms with Gasteiger partial charge in [0.1, 0.15) is 6.61 Å². The number of ether oxygens (including phenoxy) is 2. The monoisotopic (exact) mass is 381 g/mol. The van der Waals surface area contributed by atoms with Gasteiger partial charge < -0.3 is 24.6 Å². The minimum absolute atomic E-state index is 0.0515. The van der Waals surface area contributed by atoms with Gasteiger partial charge in [-0.25, -0.2) is 0 Å². The van der Waals surface area contributed by atoms with E-state index >= 15 is 0 Å². The highest BCUT2D eigenvalue weighted by Crippen LogP contribution is 2.34. The molecule has 2 aliphatic heterocycles. The minimum atomic E-state index is -0.0649. The maximum Gasteiger partial charge on any atom is 0.251 e. The number of para-hydroxylation sites is 1. The summed E-state index contributed by atoms with van der Waals surface area (Å²) in [5.74, 6) is 1.46. The third kappa shape index (κ3) is 3.92. The van der Waals surface area contributed by atoms with Gasteiger partial charge in [-0.2, -0.15) is 0 Å². The molecule has 0 aromatic heterocycles. The summed E-state index contributed by atoms with van der Waals surface area (Å²) in [7, 11) is 3.78. The summed E-state index contributed by atoms with van der Waals surface area (Å²) in [5, 5.41) is 3.09. The van der Waals surface area contributed by atoms with Crippen molar-refractivity contribution in [3.8, 4) is 11.5 Å². The van der Waals surface area contributed by atoms with E-state index in [1.807, 2.05) is 42.5 Å². The molecule has 1 saturated heterocycles. The van der Waals surface area contributed by atoms with Crippen molar-refractivity contribution in [1.29, 1.82) is 0 Å². The van der Waals surface area contributed by atoms with Crippen LogP contribution in [0.3, 0.4) is 0 Å². The van der Waals surface area contributed by atoms with E-state index in [1.54, 1.807) is 7.11 Å². The average molecular weight is 381 g/mol. The van der Waals surface area contributed by atoms with E-state index in [4.69, 9.17) is 9.47 Å². The smallest absolute Gasteiger partial charge is 0.251 e.